The fourth-order valence-corrected chi connectivity index (χ4v) is 1.71. The van der Waals surface area contributed by atoms with Gasteiger partial charge < -0.3 is 10.4 Å². The number of aromatic nitrogens is 1. The Labute approximate surface area is 80.9 Å². The first-order valence-corrected chi connectivity index (χ1v) is 4.79. The van der Waals surface area contributed by atoms with Crippen LogP contribution in [0.15, 0.2) is 5.38 Å². The van der Waals surface area contributed by atoms with Crippen LogP contribution in [0.5, 0.6) is 0 Å². The number of hydrogen-bond acceptors (Lipinski definition) is 5. The lowest BCUT2D eigenvalue weighted by atomic mass is 10.3. The van der Waals surface area contributed by atoms with Crippen molar-refractivity contribution >= 4 is 11.3 Å². The van der Waals surface area contributed by atoms with Gasteiger partial charge in [0, 0.05) is 11.9 Å². The fourth-order valence-electron chi connectivity index (χ4n) is 0.912. The summed E-state index contributed by atoms with van der Waals surface area (Å²) in [5.41, 5.74) is 0.902. The van der Waals surface area contributed by atoms with Gasteiger partial charge in [-0.3, -0.25) is 0 Å². The Balaban J connectivity index is 2.63. The van der Waals surface area contributed by atoms with E-state index in [0.29, 0.717) is 11.6 Å². The molecule has 0 spiro atoms. The van der Waals surface area contributed by atoms with Crippen molar-refractivity contribution in [2.45, 2.75) is 19.1 Å². The number of nitrogens with one attached hydrogen (secondary N) is 1. The summed E-state index contributed by atoms with van der Waals surface area (Å²) in [6, 6.07) is 1.91. The van der Waals surface area contributed by atoms with Crippen molar-refractivity contribution in [1.82, 2.24) is 10.3 Å². The molecular formula is C8H11N3OS. The number of aliphatic hydroxyl groups is 1. The minimum Gasteiger partial charge on any atom is -0.385 e. The Morgan fingerprint density at radius 1 is 1.85 bits per heavy atom. The maximum Gasteiger partial charge on any atom is 0.123 e. The van der Waals surface area contributed by atoms with Crippen LogP contribution in [-0.4, -0.2) is 17.1 Å². The Morgan fingerprint density at radius 2 is 2.62 bits per heavy atom. The lowest BCUT2D eigenvalue weighted by molar-refractivity contribution is 0.183. The third kappa shape index (κ3) is 2.77. The van der Waals surface area contributed by atoms with E-state index in [1.54, 1.807) is 0 Å². The van der Waals surface area contributed by atoms with Crippen molar-refractivity contribution in [2.75, 3.05) is 7.05 Å². The van der Waals surface area contributed by atoms with Gasteiger partial charge >= 0.3 is 0 Å². The second-order valence-electron chi connectivity index (χ2n) is 2.59. The van der Waals surface area contributed by atoms with E-state index in [9.17, 15) is 5.11 Å². The van der Waals surface area contributed by atoms with Gasteiger partial charge in [0.2, 0.25) is 0 Å². The molecule has 1 atom stereocenters. The van der Waals surface area contributed by atoms with Crippen molar-refractivity contribution in [3.8, 4) is 6.07 Å². The first kappa shape index (κ1) is 10.1. The van der Waals surface area contributed by atoms with E-state index in [4.69, 9.17) is 5.26 Å². The molecule has 0 aromatic carbocycles. The summed E-state index contributed by atoms with van der Waals surface area (Å²) in [6.45, 7) is 0.690. The summed E-state index contributed by atoms with van der Waals surface area (Å²) >= 11 is 1.39. The van der Waals surface area contributed by atoms with E-state index in [-0.39, 0.29) is 6.42 Å². The van der Waals surface area contributed by atoms with Crippen molar-refractivity contribution in [3.05, 3.63) is 16.1 Å². The molecule has 5 heteroatoms. The maximum atomic E-state index is 9.41. The van der Waals surface area contributed by atoms with E-state index < -0.39 is 6.10 Å². The van der Waals surface area contributed by atoms with Gasteiger partial charge in [-0.05, 0) is 7.05 Å². The normalized spacial score (nSPS) is 12.4. The lowest BCUT2D eigenvalue weighted by Crippen LogP contribution is -2.05. The maximum absolute atomic E-state index is 9.41. The Hall–Kier alpha value is -0.960. The van der Waals surface area contributed by atoms with Gasteiger partial charge in [-0.1, -0.05) is 0 Å². The van der Waals surface area contributed by atoms with E-state index in [0.717, 1.165) is 5.69 Å². The Bertz CT molecular complexity index is 305. The van der Waals surface area contributed by atoms with Crippen molar-refractivity contribution in [3.63, 3.8) is 0 Å². The molecule has 0 saturated carbocycles. The van der Waals surface area contributed by atoms with Gasteiger partial charge in [0.25, 0.3) is 0 Å². The third-order valence-electron chi connectivity index (χ3n) is 1.50. The molecule has 4 nitrogen and oxygen atoms in total. The Kier molecular flexibility index (Phi) is 3.83. The van der Waals surface area contributed by atoms with Crippen LogP contribution in [0.1, 0.15) is 23.2 Å². The van der Waals surface area contributed by atoms with Crippen molar-refractivity contribution < 1.29 is 5.11 Å². The van der Waals surface area contributed by atoms with Crippen LogP contribution in [0, 0.1) is 11.3 Å². The molecule has 1 heterocycles. The summed E-state index contributed by atoms with van der Waals surface area (Å²) in [6.07, 6.45) is -0.632. The number of rotatable bonds is 4. The predicted octanol–water partition coefficient (Wildman–Crippen LogP) is 0.810. The quantitative estimate of drug-likeness (QED) is 0.749. The number of thiazole rings is 1. The predicted molar refractivity (Wildman–Crippen MR) is 50.1 cm³/mol. The number of hydrogen-bond donors (Lipinski definition) is 2. The smallest absolute Gasteiger partial charge is 0.123 e. The SMILES string of the molecule is CNCc1csc(C(O)CC#N)n1. The molecule has 1 unspecified atom stereocenters. The van der Waals surface area contributed by atoms with E-state index in [2.05, 4.69) is 10.3 Å². The molecule has 0 amide bonds. The van der Waals surface area contributed by atoms with Gasteiger partial charge in [-0.2, -0.15) is 5.26 Å². The highest BCUT2D eigenvalue weighted by Crippen LogP contribution is 2.20. The molecule has 13 heavy (non-hydrogen) atoms. The highest BCUT2D eigenvalue weighted by atomic mass is 32.1. The van der Waals surface area contributed by atoms with Crippen molar-refractivity contribution in [1.29, 1.82) is 5.26 Å². The molecule has 0 aliphatic heterocycles. The van der Waals surface area contributed by atoms with Gasteiger partial charge in [0.1, 0.15) is 11.1 Å². The van der Waals surface area contributed by atoms with Crippen LogP contribution >= 0.6 is 11.3 Å². The van der Waals surface area contributed by atoms with Crippen LogP contribution in [-0.2, 0) is 6.54 Å². The topological polar surface area (TPSA) is 68.9 Å². The van der Waals surface area contributed by atoms with Crippen LogP contribution in [0.4, 0.5) is 0 Å². The second kappa shape index (κ2) is 4.92. The average Bonchev–Trinajstić information content (AvgIpc) is 2.54. The zero-order chi connectivity index (χ0) is 9.68. The molecule has 2 N–H and O–H groups in total. The van der Waals surface area contributed by atoms with Gasteiger partial charge in [0.15, 0.2) is 0 Å². The molecule has 0 aliphatic rings. The highest BCUT2D eigenvalue weighted by Gasteiger charge is 2.11. The van der Waals surface area contributed by atoms with Crippen LogP contribution < -0.4 is 5.32 Å². The zero-order valence-corrected chi connectivity index (χ0v) is 8.14. The molecule has 0 bridgehead atoms. The van der Waals surface area contributed by atoms with E-state index in [1.165, 1.54) is 11.3 Å². The van der Waals surface area contributed by atoms with Crippen LogP contribution in [0.3, 0.4) is 0 Å². The number of nitrogens with zero attached hydrogens (tertiary/aromatic N) is 2. The minimum atomic E-state index is -0.736. The monoisotopic (exact) mass is 197 g/mol. The van der Waals surface area contributed by atoms with Gasteiger partial charge in [0.05, 0.1) is 18.2 Å². The van der Waals surface area contributed by atoms with Gasteiger partial charge in [-0.25, -0.2) is 4.98 Å². The highest BCUT2D eigenvalue weighted by molar-refractivity contribution is 7.09. The fraction of sp³-hybridized carbons (Fsp3) is 0.500. The number of nitriles is 1. The molecule has 0 saturated heterocycles. The summed E-state index contributed by atoms with van der Waals surface area (Å²) in [5.74, 6) is 0. The summed E-state index contributed by atoms with van der Waals surface area (Å²) in [5, 5.41) is 23.2. The standard InChI is InChI=1S/C8H11N3OS/c1-10-4-6-5-13-8(11-6)7(12)2-3-9/h5,7,10,12H,2,4H2,1H3. The molecule has 0 fully saturated rings. The van der Waals surface area contributed by atoms with Crippen molar-refractivity contribution in [2.24, 2.45) is 0 Å². The summed E-state index contributed by atoms with van der Waals surface area (Å²) < 4.78 is 0. The number of aliphatic hydroxyl groups excluding tert-OH is 1. The Morgan fingerprint density at radius 3 is 3.23 bits per heavy atom. The molecule has 1 aromatic rings. The van der Waals surface area contributed by atoms with Crippen LogP contribution in [0.25, 0.3) is 0 Å². The van der Waals surface area contributed by atoms with E-state index in [1.807, 2.05) is 18.5 Å². The lowest BCUT2D eigenvalue weighted by Gasteiger charge is -1.99. The molecular weight excluding hydrogens is 186 g/mol. The van der Waals surface area contributed by atoms with Gasteiger partial charge in [-0.15, -0.1) is 11.3 Å². The first-order valence-electron chi connectivity index (χ1n) is 3.92. The largest absolute Gasteiger partial charge is 0.385 e. The second-order valence-corrected chi connectivity index (χ2v) is 3.48. The molecule has 1 rings (SSSR count). The third-order valence-corrected chi connectivity index (χ3v) is 2.49. The minimum absolute atomic E-state index is 0.104. The summed E-state index contributed by atoms with van der Waals surface area (Å²) in [7, 11) is 1.84. The first-order chi connectivity index (χ1) is 6.27. The molecule has 0 radical (unpaired) electrons. The van der Waals surface area contributed by atoms with E-state index >= 15 is 0 Å². The summed E-state index contributed by atoms with van der Waals surface area (Å²) in [4.78, 5) is 4.17. The molecule has 70 valence electrons. The molecule has 0 aliphatic carbocycles. The average molecular weight is 197 g/mol. The molecule has 1 aromatic heterocycles. The zero-order valence-electron chi connectivity index (χ0n) is 7.32. The van der Waals surface area contributed by atoms with Crippen LogP contribution in [0.2, 0.25) is 0 Å².